The number of hydrogen-bond donors (Lipinski definition) is 0. The zero-order chi connectivity index (χ0) is 12.6. The number of esters is 1. The molecule has 0 saturated carbocycles. The molecule has 0 unspecified atom stereocenters. The standard InChI is InChI=1S/C12H9BrClNO2/c1-6-3-7(13)4-8-10(14)9(12(16)17-2)5-15-11(6)8/h3-5H,1-2H3. The van der Waals surface area contributed by atoms with Gasteiger partial charge in [-0.25, -0.2) is 4.79 Å². The fourth-order valence-electron chi connectivity index (χ4n) is 1.66. The number of carbonyl (C=O) groups is 1. The fourth-order valence-corrected chi connectivity index (χ4v) is 2.50. The second kappa shape index (κ2) is 4.63. The van der Waals surface area contributed by atoms with E-state index in [1.165, 1.54) is 13.3 Å². The van der Waals surface area contributed by atoms with Gasteiger partial charge in [-0.15, -0.1) is 0 Å². The van der Waals surface area contributed by atoms with E-state index in [2.05, 4.69) is 25.7 Å². The average molecular weight is 315 g/mol. The Labute approximate surface area is 112 Å². The van der Waals surface area contributed by atoms with Gasteiger partial charge in [0, 0.05) is 16.1 Å². The molecule has 0 amide bonds. The zero-order valence-corrected chi connectivity index (χ0v) is 11.6. The van der Waals surface area contributed by atoms with Crippen molar-refractivity contribution in [3.63, 3.8) is 0 Å². The Hall–Kier alpha value is -1.13. The number of pyridine rings is 1. The van der Waals surface area contributed by atoms with E-state index in [1.54, 1.807) is 0 Å². The van der Waals surface area contributed by atoms with Crippen LogP contribution in [-0.2, 0) is 4.74 Å². The molecular formula is C12H9BrClNO2. The lowest BCUT2D eigenvalue weighted by Gasteiger charge is -2.07. The van der Waals surface area contributed by atoms with E-state index in [0.717, 1.165) is 20.9 Å². The van der Waals surface area contributed by atoms with Crippen molar-refractivity contribution in [1.29, 1.82) is 0 Å². The maximum Gasteiger partial charge on any atom is 0.340 e. The molecule has 5 heteroatoms. The minimum atomic E-state index is -0.484. The Balaban J connectivity index is 2.79. The number of halogens is 2. The molecule has 3 nitrogen and oxygen atoms in total. The number of nitrogens with zero attached hydrogens (tertiary/aromatic N) is 1. The van der Waals surface area contributed by atoms with Crippen molar-refractivity contribution in [2.75, 3.05) is 7.11 Å². The first-order valence-corrected chi connectivity index (χ1v) is 6.04. The van der Waals surface area contributed by atoms with Crippen molar-refractivity contribution in [2.45, 2.75) is 6.92 Å². The lowest BCUT2D eigenvalue weighted by Crippen LogP contribution is -2.03. The van der Waals surface area contributed by atoms with Crippen molar-refractivity contribution < 1.29 is 9.53 Å². The summed E-state index contributed by atoms with van der Waals surface area (Å²) in [7, 11) is 1.31. The smallest absolute Gasteiger partial charge is 0.340 e. The summed E-state index contributed by atoms with van der Waals surface area (Å²) in [6.45, 7) is 1.94. The summed E-state index contributed by atoms with van der Waals surface area (Å²) in [6.07, 6.45) is 1.44. The van der Waals surface area contributed by atoms with Gasteiger partial charge in [-0.1, -0.05) is 27.5 Å². The highest BCUT2D eigenvalue weighted by atomic mass is 79.9. The highest BCUT2D eigenvalue weighted by Crippen LogP contribution is 2.30. The van der Waals surface area contributed by atoms with Crippen molar-refractivity contribution in [3.05, 3.63) is 39.0 Å². The molecule has 0 aliphatic carbocycles. The van der Waals surface area contributed by atoms with Gasteiger partial charge in [0.05, 0.1) is 23.2 Å². The predicted molar refractivity (Wildman–Crippen MR) is 70.5 cm³/mol. The fraction of sp³-hybridized carbons (Fsp3) is 0.167. The van der Waals surface area contributed by atoms with Gasteiger partial charge in [-0.05, 0) is 24.6 Å². The molecule has 1 aromatic carbocycles. The van der Waals surface area contributed by atoms with Gasteiger partial charge in [0.2, 0.25) is 0 Å². The van der Waals surface area contributed by atoms with Crippen LogP contribution >= 0.6 is 27.5 Å². The van der Waals surface area contributed by atoms with Gasteiger partial charge in [-0.2, -0.15) is 0 Å². The van der Waals surface area contributed by atoms with E-state index < -0.39 is 5.97 Å². The molecule has 1 aromatic heterocycles. The number of carbonyl (C=O) groups excluding carboxylic acids is 1. The molecule has 0 bridgehead atoms. The molecule has 88 valence electrons. The van der Waals surface area contributed by atoms with E-state index in [9.17, 15) is 4.79 Å². The summed E-state index contributed by atoms with van der Waals surface area (Å²) >= 11 is 9.59. The molecule has 0 spiro atoms. The maximum atomic E-state index is 11.5. The Morgan fingerprint density at radius 3 is 2.82 bits per heavy atom. The summed E-state index contributed by atoms with van der Waals surface area (Å²) < 4.78 is 5.55. The molecule has 0 N–H and O–H groups in total. The molecule has 0 radical (unpaired) electrons. The van der Waals surface area contributed by atoms with Crippen LogP contribution in [0.25, 0.3) is 10.9 Å². The van der Waals surface area contributed by atoms with E-state index in [-0.39, 0.29) is 5.56 Å². The lowest BCUT2D eigenvalue weighted by molar-refractivity contribution is 0.0600. The quantitative estimate of drug-likeness (QED) is 0.753. The summed E-state index contributed by atoms with van der Waals surface area (Å²) in [4.78, 5) is 15.7. The molecule has 0 saturated heterocycles. The van der Waals surface area contributed by atoms with Crippen LogP contribution in [0.1, 0.15) is 15.9 Å². The predicted octanol–water partition coefficient (Wildman–Crippen LogP) is 3.75. The van der Waals surface area contributed by atoms with Crippen LogP contribution < -0.4 is 0 Å². The van der Waals surface area contributed by atoms with Crippen molar-refractivity contribution in [3.8, 4) is 0 Å². The maximum absolute atomic E-state index is 11.5. The summed E-state index contributed by atoms with van der Waals surface area (Å²) in [5.41, 5.74) is 2.05. The second-order valence-electron chi connectivity index (χ2n) is 3.60. The van der Waals surface area contributed by atoms with Crippen LogP contribution in [0.4, 0.5) is 0 Å². The molecule has 0 atom stereocenters. The van der Waals surface area contributed by atoms with Gasteiger partial charge < -0.3 is 4.74 Å². The molecule has 2 aromatic rings. The number of rotatable bonds is 1. The zero-order valence-electron chi connectivity index (χ0n) is 9.25. The van der Waals surface area contributed by atoms with Gasteiger partial charge >= 0.3 is 5.97 Å². The molecule has 17 heavy (non-hydrogen) atoms. The third kappa shape index (κ3) is 2.15. The summed E-state index contributed by atoms with van der Waals surface area (Å²) in [5, 5.41) is 1.10. The molecule has 0 fully saturated rings. The first kappa shape index (κ1) is 12.3. The number of benzene rings is 1. The minimum Gasteiger partial charge on any atom is -0.465 e. The van der Waals surface area contributed by atoms with Crippen LogP contribution in [0.5, 0.6) is 0 Å². The average Bonchev–Trinajstić information content (AvgIpc) is 2.29. The van der Waals surface area contributed by atoms with Gasteiger partial charge in [-0.3, -0.25) is 4.98 Å². The number of aromatic nitrogens is 1. The normalized spacial score (nSPS) is 10.6. The van der Waals surface area contributed by atoms with Crippen LogP contribution in [0, 0.1) is 6.92 Å². The van der Waals surface area contributed by atoms with Gasteiger partial charge in [0.25, 0.3) is 0 Å². The van der Waals surface area contributed by atoms with E-state index >= 15 is 0 Å². The Kier molecular flexibility index (Phi) is 3.35. The third-order valence-electron chi connectivity index (χ3n) is 2.47. The van der Waals surface area contributed by atoms with Crippen LogP contribution in [-0.4, -0.2) is 18.1 Å². The monoisotopic (exact) mass is 313 g/mol. The first-order chi connectivity index (χ1) is 8.04. The SMILES string of the molecule is COC(=O)c1cnc2c(C)cc(Br)cc2c1Cl. The third-order valence-corrected chi connectivity index (χ3v) is 3.33. The van der Waals surface area contributed by atoms with Crippen molar-refractivity contribution in [1.82, 2.24) is 4.98 Å². The highest BCUT2D eigenvalue weighted by Gasteiger charge is 2.15. The van der Waals surface area contributed by atoms with Crippen LogP contribution in [0.15, 0.2) is 22.8 Å². The van der Waals surface area contributed by atoms with E-state index in [4.69, 9.17) is 11.6 Å². The summed E-state index contributed by atoms with van der Waals surface area (Å²) in [5.74, 6) is -0.484. The molecule has 0 aliphatic rings. The highest BCUT2D eigenvalue weighted by molar-refractivity contribution is 9.10. The second-order valence-corrected chi connectivity index (χ2v) is 4.89. The van der Waals surface area contributed by atoms with Crippen molar-refractivity contribution >= 4 is 44.4 Å². The van der Waals surface area contributed by atoms with Crippen LogP contribution in [0.3, 0.4) is 0 Å². The molecule has 0 aliphatic heterocycles. The van der Waals surface area contributed by atoms with Gasteiger partial charge in [0.1, 0.15) is 0 Å². The Morgan fingerprint density at radius 1 is 1.47 bits per heavy atom. The van der Waals surface area contributed by atoms with Crippen molar-refractivity contribution in [2.24, 2.45) is 0 Å². The van der Waals surface area contributed by atoms with Gasteiger partial charge in [0.15, 0.2) is 0 Å². The van der Waals surface area contributed by atoms with E-state index in [1.807, 2.05) is 19.1 Å². The minimum absolute atomic E-state index is 0.277. The largest absolute Gasteiger partial charge is 0.465 e. The molecule has 2 rings (SSSR count). The number of fused-ring (bicyclic) bond motifs is 1. The lowest BCUT2D eigenvalue weighted by atomic mass is 10.1. The molecule has 1 heterocycles. The number of hydrogen-bond acceptors (Lipinski definition) is 3. The number of methoxy groups -OCH3 is 1. The first-order valence-electron chi connectivity index (χ1n) is 4.87. The Bertz CT molecular complexity index is 613. The number of aryl methyl sites for hydroxylation is 1. The topological polar surface area (TPSA) is 39.2 Å². The molecular weight excluding hydrogens is 305 g/mol. The van der Waals surface area contributed by atoms with Crippen LogP contribution in [0.2, 0.25) is 5.02 Å². The Morgan fingerprint density at radius 2 is 2.18 bits per heavy atom. The number of ether oxygens (including phenoxy) is 1. The van der Waals surface area contributed by atoms with E-state index in [0.29, 0.717) is 5.02 Å². The summed E-state index contributed by atoms with van der Waals surface area (Å²) in [6, 6.07) is 3.79.